The van der Waals surface area contributed by atoms with Gasteiger partial charge in [0.05, 0.1) is 0 Å². The van der Waals surface area contributed by atoms with Gasteiger partial charge in [0, 0.05) is 18.3 Å². The monoisotopic (exact) mass is 270 g/mol. The zero-order valence-corrected chi connectivity index (χ0v) is 12.7. The van der Waals surface area contributed by atoms with Crippen LogP contribution in [0.5, 0.6) is 5.75 Å². The Morgan fingerprint density at radius 1 is 1.15 bits per heavy atom. The van der Waals surface area contributed by atoms with E-state index < -0.39 is 0 Å². The molecule has 0 saturated carbocycles. The molecule has 0 aliphatic rings. The smallest absolute Gasteiger partial charge is 0.132 e. The number of pyridine rings is 1. The van der Waals surface area contributed by atoms with Crippen molar-refractivity contribution in [2.24, 2.45) is 0 Å². The predicted molar refractivity (Wildman–Crippen MR) is 83.4 cm³/mol. The van der Waals surface area contributed by atoms with Gasteiger partial charge in [-0.05, 0) is 44.9 Å². The number of hydrogen-bond donors (Lipinski definition) is 1. The molecule has 3 nitrogen and oxygen atoms in total. The minimum Gasteiger partial charge on any atom is -0.488 e. The highest BCUT2D eigenvalue weighted by Crippen LogP contribution is 2.26. The molecule has 0 atom stereocenters. The lowest BCUT2D eigenvalue weighted by atomic mass is 10.1. The number of ether oxygens (including phenoxy) is 1. The van der Waals surface area contributed by atoms with Crippen LogP contribution in [0.4, 0.5) is 5.82 Å². The van der Waals surface area contributed by atoms with Gasteiger partial charge in [-0.25, -0.2) is 4.98 Å². The highest BCUT2D eigenvalue weighted by atomic mass is 16.5. The van der Waals surface area contributed by atoms with E-state index in [0.29, 0.717) is 6.61 Å². The van der Waals surface area contributed by atoms with Gasteiger partial charge in [0.2, 0.25) is 0 Å². The number of nitrogens with one attached hydrogen (secondary N) is 1. The maximum absolute atomic E-state index is 6.02. The molecule has 2 aromatic rings. The zero-order chi connectivity index (χ0) is 14.5. The average molecular weight is 270 g/mol. The first-order valence-electron chi connectivity index (χ1n) is 7.00. The van der Waals surface area contributed by atoms with E-state index >= 15 is 0 Å². The minimum atomic E-state index is 0.529. The van der Waals surface area contributed by atoms with Crippen molar-refractivity contribution in [1.29, 1.82) is 0 Å². The highest BCUT2D eigenvalue weighted by molar-refractivity contribution is 5.45. The van der Waals surface area contributed by atoms with Crippen LogP contribution in [0.15, 0.2) is 30.5 Å². The van der Waals surface area contributed by atoms with E-state index in [1.54, 1.807) is 6.20 Å². The topological polar surface area (TPSA) is 34.2 Å². The summed E-state index contributed by atoms with van der Waals surface area (Å²) in [6.45, 7) is 9.73. The Labute approximate surface area is 121 Å². The van der Waals surface area contributed by atoms with E-state index in [-0.39, 0.29) is 0 Å². The Hall–Kier alpha value is -2.03. The van der Waals surface area contributed by atoms with E-state index in [1.807, 2.05) is 12.1 Å². The molecule has 0 radical (unpaired) electrons. The van der Waals surface area contributed by atoms with Crippen LogP contribution in [0.1, 0.15) is 29.2 Å². The number of rotatable bonds is 5. The molecule has 0 aliphatic heterocycles. The lowest BCUT2D eigenvalue weighted by Crippen LogP contribution is -2.06. The van der Waals surface area contributed by atoms with E-state index in [1.165, 1.54) is 16.7 Å². The minimum absolute atomic E-state index is 0.529. The SMILES string of the molecule is CCNc1ncccc1COc1c(C)cc(C)cc1C. The summed E-state index contributed by atoms with van der Waals surface area (Å²) in [6, 6.07) is 8.28. The molecule has 3 heteroatoms. The molecule has 0 saturated heterocycles. The van der Waals surface area contributed by atoms with Crippen molar-refractivity contribution in [2.45, 2.75) is 34.3 Å². The van der Waals surface area contributed by atoms with Crippen LogP contribution < -0.4 is 10.1 Å². The van der Waals surface area contributed by atoms with Gasteiger partial charge < -0.3 is 10.1 Å². The Balaban J connectivity index is 2.17. The number of hydrogen-bond acceptors (Lipinski definition) is 3. The largest absolute Gasteiger partial charge is 0.488 e. The molecule has 106 valence electrons. The summed E-state index contributed by atoms with van der Waals surface area (Å²) in [5.41, 5.74) is 4.70. The van der Waals surface area contributed by atoms with Crippen molar-refractivity contribution < 1.29 is 4.74 Å². The van der Waals surface area contributed by atoms with Crippen molar-refractivity contribution in [2.75, 3.05) is 11.9 Å². The quantitative estimate of drug-likeness (QED) is 0.891. The summed E-state index contributed by atoms with van der Waals surface area (Å²) in [4.78, 5) is 4.35. The fourth-order valence-electron chi connectivity index (χ4n) is 2.43. The first kappa shape index (κ1) is 14.4. The Bertz CT molecular complexity index is 570. The zero-order valence-electron chi connectivity index (χ0n) is 12.7. The molecular formula is C17H22N2O. The Kier molecular flexibility index (Phi) is 4.61. The molecule has 1 N–H and O–H groups in total. The highest BCUT2D eigenvalue weighted by Gasteiger charge is 2.08. The van der Waals surface area contributed by atoms with E-state index in [4.69, 9.17) is 4.74 Å². The molecule has 0 amide bonds. The second-order valence-electron chi connectivity index (χ2n) is 5.06. The van der Waals surface area contributed by atoms with Crippen LogP contribution in [0.3, 0.4) is 0 Å². The molecule has 2 rings (SSSR count). The fourth-order valence-corrected chi connectivity index (χ4v) is 2.43. The van der Waals surface area contributed by atoms with Crippen molar-refractivity contribution in [1.82, 2.24) is 4.98 Å². The van der Waals surface area contributed by atoms with E-state index in [9.17, 15) is 0 Å². The summed E-state index contributed by atoms with van der Waals surface area (Å²) in [7, 11) is 0. The molecule has 20 heavy (non-hydrogen) atoms. The van der Waals surface area contributed by atoms with Gasteiger partial charge >= 0.3 is 0 Å². The van der Waals surface area contributed by atoms with Crippen molar-refractivity contribution in [3.8, 4) is 5.75 Å². The average Bonchev–Trinajstić information content (AvgIpc) is 2.39. The standard InChI is InChI=1S/C17H22N2O/c1-5-18-17-15(7-6-8-19-17)11-20-16-13(3)9-12(2)10-14(16)4/h6-10H,5,11H2,1-4H3,(H,18,19). The first-order chi connectivity index (χ1) is 9.61. The van der Waals surface area contributed by atoms with Crippen molar-refractivity contribution in [3.05, 3.63) is 52.7 Å². The second kappa shape index (κ2) is 6.42. The van der Waals surface area contributed by atoms with E-state index in [0.717, 1.165) is 23.7 Å². The van der Waals surface area contributed by atoms with Gasteiger partial charge in [0.1, 0.15) is 18.2 Å². The maximum atomic E-state index is 6.02. The molecule has 0 spiro atoms. The lowest BCUT2D eigenvalue weighted by molar-refractivity contribution is 0.302. The number of nitrogens with zero attached hydrogens (tertiary/aromatic N) is 1. The summed E-state index contributed by atoms with van der Waals surface area (Å²) in [5, 5.41) is 3.26. The number of benzene rings is 1. The van der Waals surface area contributed by atoms with Crippen LogP contribution >= 0.6 is 0 Å². The third-order valence-electron chi connectivity index (χ3n) is 3.21. The van der Waals surface area contributed by atoms with Gasteiger partial charge in [-0.15, -0.1) is 0 Å². The van der Waals surface area contributed by atoms with Crippen LogP contribution in [-0.4, -0.2) is 11.5 Å². The Morgan fingerprint density at radius 3 is 2.50 bits per heavy atom. The summed E-state index contributed by atoms with van der Waals surface area (Å²) in [5.74, 6) is 1.87. The number of anilines is 1. The molecule has 1 aromatic carbocycles. The summed E-state index contributed by atoms with van der Waals surface area (Å²) >= 11 is 0. The molecule has 1 heterocycles. The van der Waals surface area contributed by atoms with Gasteiger partial charge in [-0.2, -0.15) is 0 Å². The van der Waals surface area contributed by atoms with Gasteiger partial charge in [0.25, 0.3) is 0 Å². The summed E-state index contributed by atoms with van der Waals surface area (Å²) in [6.07, 6.45) is 1.80. The third kappa shape index (κ3) is 3.29. The third-order valence-corrected chi connectivity index (χ3v) is 3.21. The lowest BCUT2D eigenvalue weighted by Gasteiger charge is -2.15. The number of aryl methyl sites for hydroxylation is 3. The van der Waals surface area contributed by atoms with Crippen LogP contribution in [0, 0.1) is 20.8 Å². The van der Waals surface area contributed by atoms with E-state index in [2.05, 4.69) is 50.1 Å². The summed E-state index contributed by atoms with van der Waals surface area (Å²) < 4.78 is 6.02. The van der Waals surface area contributed by atoms with Crippen LogP contribution in [0.25, 0.3) is 0 Å². The molecule has 1 aromatic heterocycles. The molecule has 0 bridgehead atoms. The maximum Gasteiger partial charge on any atom is 0.132 e. The molecule has 0 aliphatic carbocycles. The van der Waals surface area contributed by atoms with Gasteiger partial charge in [-0.3, -0.25) is 0 Å². The Morgan fingerprint density at radius 2 is 1.85 bits per heavy atom. The van der Waals surface area contributed by atoms with Gasteiger partial charge in [-0.1, -0.05) is 23.8 Å². The molecule has 0 fully saturated rings. The molecular weight excluding hydrogens is 248 g/mol. The first-order valence-corrected chi connectivity index (χ1v) is 7.00. The van der Waals surface area contributed by atoms with Crippen molar-refractivity contribution in [3.63, 3.8) is 0 Å². The molecule has 0 unspecified atom stereocenters. The van der Waals surface area contributed by atoms with Crippen LogP contribution in [0.2, 0.25) is 0 Å². The van der Waals surface area contributed by atoms with Gasteiger partial charge in [0.15, 0.2) is 0 Å². The van der Waals surface area contributed by atoms with Crippen LogP contribution in [-0.2, 0) is 6.61 Å². The second-order valence-corrected chi connectivity index (χ2v) is 5.06. The predicted octanol–water partition coefficient (Wildman–Crippen LogP) is 4.02. The fraction of sp³-hybridized carbons (Fsp3) is 0.353. The number of aromatic nitrogens is 1. The normalized spacial score (nSPS) is 10.4. The van der Waals surface area contributed by atoms with Crippen molar-refractivity contribution >= 4 is 5.82 Å².